The minimum atomic E-state index is -0.203. The Hall–Kier alpha value is -1.83. The van der Waals surface area contributed by atoms with Crippen LogP contribution in [0.5, 0.6) is 0 Å². The maximum Gasteiger partial charge on any atom is 0.252 e. The van der Waals surface area contributed by atoms with Gasteiger partial charge in [0, 0.05) is 18.7 Å². The summed E-state index contributed by atoms with van der Waals surface area (Å²) in [5, 5.41) is 11.8. The van der Waals surface area contributed by atoms with E-state index >= 15 is 0 Å². The number of amides is 1. The smallest absolute Gasteiger partial charge is 0.252 e. The highest BCUT2D eigenvalue weighted by molar-refractivity contribution is 5.96. The Balaban J connectivity index is 1.95. The van der Waals surface area contributed by atoms with Gasteiger partial charge < -0.3 is 15.3 Å². The van der Waals surface area contributed by atoms with Crippen LogP contribution in [0.4, 0.5) is 0 Å². The van der Waals surface area contributed by atoms with Gasteiger partial charge >= 0.3 is 0 Å². The highest BCUT2D eigenvalue weighted by Gasteiger charge is 2.21. The molecule has 4 heteroatoms. The van der Waals surface area contributed by atoms with Gasteiger partial charge in [-0.15, -0.1) is 0 Å². The SMILES string of the molecule is CCN1CCC(CNC(=O)c2ccccc2C#CCO)C1. The molecule has 1 heterocycles. The highest BCUT2D eigenvalue weighted by Crippen LogP contribution is 2.15. The summed E-state index contributed by atoms with van der Waals surface area (Å²) in [7, 11) is 0. The van der Waals surface area contributed by atoms with E-state index in [1.54, 1.807) is 12.1 Å². The van der Waals surface area contributed by atoms with Crippen molar-refractivity contribution in [2.24, 2.45) is 5.92 Å². The van der Waals surface area contributed by atoms with Crippen LogP contribution in [-0.4, -0.2) is 48.7 Å². The number of benzene rings is 1. The zero-order valence-electron chi connectivity index (χ0n) is 12.4. The number of nitrogens with zero attached hydrogens (tertiary/aromatic N) is 1. The number of aliphatic hydroxyl groups is 1. The molecule has 0 spiro atoms. The molecule has 0 bridgehead atoms. The first-order valence-corrected chi connectivity index (χ1v) is 7.44. The van der Waals surface area contributed by atoms with Crippen molar-refractivity contribution in [2.45, 2.75) is 13.3 Å². The van der Waals surface area contributed by atoms with E-state index in [2.05, 4.69) is 29.0 Å². The third-order valence-corrected chi connectivity index (χ3v) is 3.84. The Morgan fingerprint density at radius 1 is 1.48 bits per heavy atom. The molecule has 1 aromatic rings. The Morgan fingerprint density at radius 3 is 3.00 bits per heavy atom. The number of nitrogens with one attached hydrogen (secondary N) is 1. The molecular formula is C17H22N2O2. The number of likely N-dealkylation sites (tertiary alicyclic amines) is 1. The maximum absolute atomic E-state index is 12.3. The van der Waals surface area contributed by atoms with Crippen LogP contribution in [0, 0.1) is 17.8 Å². The van der Waals surface area contributed by atoms with E-state index in [-0.39, 0.29) is 12.5 Å². The lowest BCUT2D eigenvalue weighted by Gasteiger charge is -2.14. The Bertz CT molecular complexity index is 545. The second-order valence-corrected chi connectivity index (χ2v) is 5.26. The Morgan fingerprint density at radius 2 is 2.29 bits per heavy atom. The summed E-state index contributed by atoms with van der Waals surface area (Å²) in [6, 6.07) is 7.23. The van der Waals surface area contributed by atoms with E-state index in [4.69, 9.17) is 5.11 Å². The lowest BCUT2D eigenvalue weighted by atomic mass is 10.1. The predicted octanol–water partition coefficient (Wildman–Crippen LogP) is 1.10. The van der Waals surface area contributed by atoms with Crippen LogP contribution in [0.2, 0.25) is 0 Å². The van der Waals surface area contributed by atoms with Crippen LogP contribution < -0.4 is 5.32 Å². The summed E-state index contributed by atoms with van der Waals surface area (Å²) < 4.78 is 0. The molecule has 1 amide bonds. The topological polar surface area (TPSA) is 52.6 Å². The summed E-state index contributed by atoms with van der Waals surface area (Å²) >= 11 is 0. The van der Waals surface area contributed by atoms with E-state index < -0.39 is 0 Å². The summed E-state index contributed by atoms with van der Waals surface area (Å²) in [5.41, 5.74) is 1.23. The average Bonchev–Trinajstić information content (AvgIpc) is 2.99. The van der Waals surface area contributed by atoms with Gasteiger partial charge in [0.1, 0.15) is 6.61 Å². The van der Waals surface area contributed by atoms with Crippen molar-refractivity contribution >= 4 is 5.91 Å². The van der Waals surface area contributed by atoms with Crippen molar-refractivity contribution in [2.75, 3.05) is 32.8 Å². The first-order valence-electron chi connectivity index (χ1n) is 7.44. The zero-order chi connectivity index (χ0) is 15.1. The van der Waals surface area contributed by atoms with Crippen LogP contribution in [-0.2, 0) is 0 Å². The number of carbonyl (C=O) groups excluding carboxylic acids is 1. The van der Waals surface area contributed by atoms with Gasteiger partial charge in [0.05, 0.1) is 5.56 Å². The molecular weight excluding hydrogens is 264 g/mol. The molecule has 0 aliphatic carbocycles. The fourth-order valence-electron chi connectivity index (χ4n) is 2.62. The van der Waals surface area contributed by atoms with Crippen LogP contribution in [0.3, 0.4) is 0 Å². The molecule has 1 atom stereocenters. The number of hydrogen-bond acceptors (Lipinski definition) is 3. The molecule has 1 aliphatic rings. The number of carbonyl (C=O) groups is 1. The van der Waals surface area contributed by atoms with E-state index in [1.807, 2.05) is 12.1 Å². The van der Waals surface area contributed by atoms with Crippen LogP contribution in [0.25, 0.3) is 0 Å². The quantitative estimate of drug-likeness (QED) is 0.815. The molecule has 2 N–H and O–H groups in total. The predicted molar refractivity (Wildman–Crippen MR) is 83.0 cm³/mol. The van der Waals surface area contributed by atoms with Gasteiger partial charge in [-0.05, 0) is 37.6 Å². The number of aliphatic hydroxyl groups excluding tert-OH is 1. The molecule has 1 aliphatic heterocycles. The number of hydrogen-bond donors (Lipinski definition) is 2. The third kappa shape index (κ3) is 4.32. The van der Waals surface area contributed by atoms with Gasteiger partial charge in [-0.2, -0.15) is 0 Å². The van der Waals surface area contributed by atoms with Gasteiger partial charge in [0.15, 0.2) is 0 Å². The molecule has 1 saturated heterocycles. The largest absolute Gasteiger partial charge is 0.384 e. The molecule has 0 saturated carbocycles. The molecule has 1 unspecified atom stereocenters. The first-order chi connectivity index (χ1) is 10.2. The van der Waals surface area contributed by atoms with E-state index in [1.165, 1.54) is 0 Å². The second-order valence-electron chi connectivity index (χ2n) is 5.26. The summed E-state index contributed by atoms with van der Waals surface area (Å²) in [5.74, 6) is 5.85. The Kier molecular flexibility index (Phi) is 5.79. The van der Waals surface area contributed by atoms with Gasteiger partial charge in [-0.25, -0.2) is 0 Å². The summed E-state index contributed by atoms with van der Waals surface area (Å²) in [6.45, 7) is 5.92. The molecule has 0 aromatic heterocycles. The minimum absolute atomic E-state index is 0.0900. The van der Waals surface area contributed by atoms with Crippen molar-refractivity contribution in [3.63, 3.8) is 0 Å². The molecule has 0 radical (unpaired) electrons. The zero-order valence-corrected chi connectivity index (χ0v) is 12.4. The van der Waals surface area contributed by atoms with Crippen molar-refractivity contribution in [1.82, 2.24) is 10.2 Å². The first kappa shape index (κ1) is 15.6. The van der Waals surface area contributed by atoms with Gasteiger partial charge in [-0.3, -0.25) is 4.79 Å². The molecule has 2 rings (SSSR count). The van der Waals surface area contributed by atoms with Crippen LogP contribution in [0.1, 0.15) is 29.3 Å². The van der Waals surface area contributed by atoms with Crippen LogP contribution >= 0.6 is 0 Å². The van der Waals surface area contributed by atoms with Crippen LogP contribution in [0.15, 0.2) is 24.3 Å². The maximum atomic E-state index is 12.3. The van der Waals surface area contributed by atoms with Crippen molar-refractivity contribution in [3.05, 3.63) is 35.4 Å². The van der Waals surface area contributed by atoms with E-state index in [0.717, 1.165) is 26.1 Å². The molecule has 21 heavy (non-hydrogen) atoms. The molecule has 4 nitrogen and oxygen atoms in total. The van der Waals surface area contributed by atoms with E-state index in [0.29, 0.717) is 23.6 Å². The fraction of sp³-hybridized carbons (Fsp3) is 0.471. The summed E-state index contributed by atoms with van der Waals surface area (Å²) in [6.07, 6.45) is 1.14. The van der Waals surface area contributed by atoms with Crippen molar-refractivity contribution < 1.29 is 9.90 Å². The van der Waals surface area contributed by atoms with E-state index in [9.17, 15) is 4.79 Å². The van der Waals surface area contributed by atoms with Crippen molar-refractivity contribution in [1.29, 1.82) is 0 Å². The number of rotatable bonds is 4. The second kappa shape index (κ2) is 7.82. The lowest BCUT2D eigenvalue weighted by Crippen LogP contribution is -2.31. The van der Waals surface area contributed by atoms with Crippen molar-refractivity contribution in [3.8, 4) is 11.8 Å². The normalized spacial score (nSPS) is 18.1. The van der Waals surface area contributed by atoms with Gasteiger partial charge in [-0.1, -0.05) is 30.9 Å². The minimum Gasteiger partial charge on any atom is -0.384 e. The fourth-order valence-corrected chi connectivity index (χ4v) is 2.62. The van der Waals surface area contributed by atoms with Gasteiger partial charge in [0.2, 0.25) is 0 Å². The molecule has 112 valence electrons. The average molecular weight is 286 g/mol. The highest BCUT2D eigenvalue weighted by atomic mass is 16.2. The molecule has 1 aromatic carbocycles. The monoisotopic (exact) mass is 286 g/mol. The third-order valence-electron chi connectivity index (χ3n) is 3.84. The molecule has 1 fully saturated rings. The standard InChI is InChI=1S/C17H22N2O2/c1-2-19-10-9-14(13-19)12-18-17(21)16-8-4-3-6-15(16)7-5-11-20/h3-4,6,8,14,20H,2,9-13H2,1H3,(H,18,21). The van der Waals surface area contributed by atoms with Gasteiger partial charge in [0.25, 0.3) is 5.91 Å². The Labute approximate surface area is 126 Å². The lowest BCUT2D eigenvalue weighted by molar-refractivity contribution is 0.0947. The summed E-state index contributed by atoms with van der Waals surface area (Å²) in [4.78, 5) is 14.7.